The van der Waals surface area contributed by atoms with Crippen LogP contribution in [0.25, 0.3) is 0 Å². The fourth-order valence-electron chi connectivity index (χ4n) is 3.41. The molecule has 0 saturated heterocycles. The second-order valence-corrected chi connectivity index (χ2v) is 7.39. The molecule has 3 heteroatoms. The van der Waals surface area contributed by atoms with E-state index in [1.54, 1.807) is 0 Å². The lowest BCUT2D eigenvalue weighted by Gasteiger charge is -2.44. The van der Waals surface area contributed by atoms with Crippen LogP contribution in [0.1, 0.15) is 44.4 Å². The molecule has 0 aliphatic carbocycles. The van der Waals surface area contributed by atoms with Crippen molar-refractivity contribution in [1.82, 2.24) is 5.01 Å². The Kier molecular flexibility index (Phi) is 3.19. The third-order valence-electron chi connectivity index (χ3n) is 4.55. The number of ether oxygens (including phenoxy) is 1. The molecule has 2 aromatic rings. The summed E-state index contributed by atoms with van der Waals surface area (Å²) in [5, 5.41) is 7.12. The maximum absolute atomic E-state index is 6.31. The lowest BCUT2D eigenvalue weighted by molar-refractivity contribution is -0.0825. The van der Waals surface area contributed by atoms with Gasteiger partial charge in [0.25, 0.3) is 0 Å². The van der Waals surface area contributed by atoms with Gasteiger partial charge in [-0.2, -0.15) is 5.10 Å². The second-order valence-electron chi connectivity index (χ2n) is 7.39. The summed E-state index contributed by atoms with van der Waals surface area (Å²) in [5.74, 6) is 0.998. The number of hydrogen-bond donors (Lipinski definition) is 0. The summed E-state index contributed by atoms with van der Waals surface area (Å²) < 4.78 is 6.31. The Morgan fingerprint density at radius 3 is 2.43 bits per heavy atom. The summed E-state index contributed by atoms with van der Waals surface area (Å²) in [7, 11) is 0. The largest absolute Gasteiger partial charge is 0.468 e. The SMILES string of the molecule is CC(C)(C)[C@H]1Oc2ccccc2[C@@H]2CC(c3ccccc3)=NN21. The molecule has 2 aromatic carbocycles. The second kappa shape index (κ2) is 5.12. The average molecular weight is 306 g/mol. The topological polar surface area (TPSA) is 24.8 Å². The van der Waals surface area contributed by atoms with Gasteiger partial charge in [-0.05, 0) is 11.6 Å². The highest BCUT2D eigenvalue weighted by Gasteiger charge is 2.44. The maximum atomic E-state index is 6.31. The summed E-state index contributed by atoms with van der Waals surface area (Å²) >= 11 is 0. The van der Waals surface area contributed by atoms with Crippen LogP contribution in [0, 0.1) is 5.41 Å². The van der Waals surface area contributed by atoms with Crippen molar-refractivity contribution in [3.05, 3.63) is 65.7 Å². The van der Waals surface area contributed by atoms with Crippen LogP contribution in [0.15, 0.2) is 59.7 Å². The zero-order valence-electron chi connectivity index (χ0n) is 13.9. The van der Waals surface area contributed by atoms with Crippen molar-refractivity contribution in [3.8, 4) is 5.75 Å². The van der Waals surface area contributed by atoms with Gasteiger partial charge in [0, 0.05) is 17.4 Å². The van der Waals surface area contributed by atoms with E-state index in [0.717, 1.165) is 17.9 Å². The minimum Gasteiger partial charge on any atom is -0.468 e. The van der Waals surface area contributed by atoms with E-state index in [-0.39, 0.29) is 17.7 Å². The summed E-state index contributed by atoms with van der Waals surface area (Å²) in [6.45, 7) is 6.62. The van der Waals surface area contributed by atoms with Crippen LogP contribution in [0.2, 0.25) is 0 Å². The lowest BCUT2D eigenvalue weighted by Crippen LogP contribution is -2.48. The molecule has 2 heterocycles. The number of benzene rings is 2. The van der Waals surface area contributed by atoms with Gasteiger partial charge in [0.2, 0.25) is 0 Å². The van der Waals surface area contributed by atoms with Gasteiger partial charge in [0.1, 0.15) is 5.75 Å². The van der Waals surface area contributed by atoms with Crippen molar-refractivity contribution in [2.45, 2.75) is 39.5 Å². The van der Waals surface area contributed by atoms with Crippen LogP contribution in [-0.2, 0) is 0 Å². The number of fused-ring (bicyclic) bond motifs is 3. The Morgan fingerprint density at radius 1 is 1.00 bits per heavy atom. The fraction of sp³-hybridized carbons (Fsp3) is 0.350. The first kappa shape index (κ1) is 14.3. The molecule has 0 unspecified atom stereocenters. The number of hydrazone groups is 1. The van der Waals surface area contributed by atoms with Crippen molar-refractivity contribution in [2.75, 3.05) is 0 Å². The van der Waals surface area contributed by atoms with E-state index in [0.29, 0.717) is 0 Å². The smallest absolute Gasteiger partial charge is 0.192 e. The zero-order chi connectivity index (χ0) is 16.0. The minimum atomic E-state index is -0.0522. The van der Waals surface area contributed by atoms with E-state index in [9.17, 15) is 0 Å². The van der Waals surface area contributed by atoms with E-state index in [2.05, 4.69) is 68.2 Å². The molecule has 3 nitrogen and oxygen atoms in total. The predicted octanol–water partition coefficient (Wildman–Crippen LogP) is 4.60. The van der Waals surface area contributed by atoms with Crippen molar-refractivity contribution in [3.63, 3.8) is 0 Å². The molecule has 23 heavy (non-hydrogen) atoms. The Labute approximate surface area is 137 Å². The molecule has 0 N–H and O–H groups in total. The molecular weight excluding hydrogens is 284 g/mol. The number of para-hydroxylation sites is 1. The average Bonchev–Trinajstić information content (AvgIpc) is 2.99. The van der Waals surface area contributed by atoms with Gasteiger partial charge in [0.15, 0.2) is 6.23 Å². The summed E-state index contributed by atoms with van der Waals surface area (Å²) in [4.78, 5) is 0. The molecule has 2 aliphatic heterocycles. The van der Waals surface area contributed by atoms with Crippen LogP contribution >= 0.6 is 0 Å². The van der Waals surface area contributed by atoms with Crippen LogP contribution < -0.4 is 4.74 Å². The first-order valence-electron chi connectivity index (χ1n) is 8.21. The molecule has 4 rings (SSSR count). The van der Waals surface area contributed by atoms with E-state index >= 15 is 0 Å². The Balaban J connectivity index is 1.78. The van der Waals surface area contributed by atoms with E-state index in [4.69, 9.17) is 9.84 Å². The van der Waals surface area contributed by atoms with Crippen molar-refractivity contribution < 1.29 is 4.74 Å². The molecule has 2 atom stereocenters. The Bertz CT molecular complexity index is 746. The zero-order valence-corrected chi connectivity index (χ0v) is 13.9. The molecular formula is C20H22N2O. The standard InChI is InChI=1S/C20H22N2O/c1-20(2,3)19-22-17(15-11-7-8-12-18(15)23-19)13-16(21-22)14-9-5-4-6-10-14/h4-12,17,19H,13H2,1-3H3/t17-,19+/m0/s1. The van der Waals surface area contributed by atoms with Gasteiger partial charge in [0.05, 0.1) is 11.8 Å². The molecule has 0 aromatic heterocycles. The number of hydrogen-bond acceptors (Lipinski definition) is 3. The molecule has 0 bridgehead atoms. The first-order valence-corrected chi connectivity index (χ1v) is 8.21. The van der Waals surface area contributed by atoms with Gasteiger partial charge >= 0.3 is 0 Å². The molecule has 0 amide bonds. The van der Waals surface area contributed by atoms with Gasteiger partial charge < -0.3 is 4.74 Å². The van der Waals surface area contributed by atoms with Crippen LogP contribution in [0.5, 0.6) is 5.75 Å². The summed E-state index contributed by atoms with van der Waals surface area (Å²) in [5.41, 5.74) is 3.57. The molecule has 0 radical (unpaired) electrons. The van der Waals surface area contributed by atoms with Gasteiger partial charge in [-0.15, -0.1) is 0 Å². The maximum Gasteiger partial charge on any atom is 0.192 e. The highest BCUT2D eigenvalue weighted by Crippen LogP contribution is 2.46. The predicted molar refractivity (Wildman–Crippen MR) is 92.5 cm³/mol. The lowest BCUT2D eigenvalue weighted by atomic mass is 9.89. The van der Waals surface area contributed by atoms with Gasteiger partial charge in [-0.25, -0.2) is 5.01 Å². The highest BCUT2D eigenvalue weighted by molar-refractivity contribution is 6.01. The van der Waals surface area contributed by atoms with Crippen molar-refractivity contribution >= 4 is 5.71 Å². The highest BCUT2D eigenvalue weighted by atomic mass is 16.5. The van der Waals surface area contributed by atoms with Gasteiger partial charge in [-0.1, -0.05) is 69.3 Å². The van der Waals surface area contributed by atoms with E-state index < -0.39 is 0 Å². The molecule has 2 aliphatic rings. The van der Waals surface area contributed by atoms with E-state index in [1.165, 1.54) is 11.1 Å². The quantitative estimate of drug-likeness (QED) is 0.769. The monoisotopic (exact) mass is 306 g/mol. The summed E-state index contributed by atoms with van der Waals surface area (Å²) in [6, 6.07) is 19.1. The Morgan fingerprint density at radius 2 is 1.70 bits per heavy atom. The first-order chi connectivity index (χ1) is 11.0. The third kappa shape index (κ3) is 2.40. The molecule has 0 spiro atoms. The molecule has 0 fully saturated rings. The van der Waals surface area contributed by atoms with Crippen LogP contribution in [0.3, 0.4) is 0 Å². The van der Waals surface area contributed by atoms with Crippen molar-refractivity contribution in [2.24, 2.45) is 10.5 Å². The van der Waals surface area contributed by atoms with E-state index in [1.807, 2.05) is 12.1 Å². The minimum absolute atomic E-state index is 0.0125. The van der Waals surface area contributed by atoms with Crippen LogP contribution in [0.4, 0.5) is 0 Å². The number of nitrogens with zero attached hydrogens (tertiary/aromatic N) is 2. The van der Waals surface area contributed by atoms with Crippen molar-refractivity contribution in [1.29, 1.82) is 0 Å². The van der Waals surface area contributed by atoms with Crippen LogP contribution in [-0.4, -0.2) is 16.9 Å². The Hall–Kier alpha value is -2.29. The number of rotatable bonds is 1. The van der Waals surface area contributed by atoms with Gasteiger partial charge in [-0.3, -0.25) is 0 Å². The molecule has 118 valence electrons. The molecule has 0 saturated carbocycles. The fourth-order valence-corrected chi connectivity index (χ4v) is 3.41. The summed E-state index contributed by atoms with van der Waals surface area (Å²) in [6.07, 6.45) is 0.875. The normalized spacial score (nSPS) is 22.9. The third-order valence-corrected chi connectivity index (χ3v) is 4.55.